The molecule has 12 heteroatoms. The van der Waals surface area contributed by atoms with Gasteiger partial charge in [-0.15, -0.1) is 28.6 Å². The van der Waals surface area contributed by atoms with E-state index in [2.05, 4.69) is 44.9 Å². The van der Waals surface area contributed by atoms with Crippen molar-refractivity contribution in [3.8, 4) is 11.5 Å². The van der Waals surface area contributed by atoms with E-state index in [1.807, 2.05) is 13.8 Å². The van der Waals surface area contributed by atoms with Crippen LogP contribution in [0.4, 0.5) is 0 Å². The van der Waals surface area contributed by atoms with Crippen LogP contribution in [0.2, 0.25) is 0 Å². The molecule has 0 aliphatic heterocycles. The molecule has 3 aromatic rings. The van der Waals surface area contributed by atoms with Crippen molar-refractivity contribution >= 4 is 64.8 Å². The van der Waals surface area contributed by atoms with Crippen LogP contribution in [0, 0.1) is 5.92 Å². The number of aromatic nitrogens is 4. The Morgan fingerprint density at radius 1 is 1.15 bits per heavy atom. The van der Waals surface area contributed by atoms with Gasteiger partial charge >= 0.3 is 35.5 Å². The number of carbonyl (C=O) groups excluding carboxylic acids is 2. The van der Waals surface area contributed by atoms with E-state index in [-0.39, 0.29) is 58.2 Å². The maximum absolute atomic E-state index is 12.2. The fourth-order valence-corrected chi connectivity index (χ4v) is 6.09. The van der Waals surface area contributed by atoms with Gasteiger partial charge in [0.1, 0.15) is 11.5 Å². The monoisotopic (exact) mass is 596 g/mol. The second-order valence-electron chi connectivity index (χ2n) is 9.15. The molecule has 0 spiro atoms. The first kappa shape index (κ1) is 34.2. The van der Waals surface area contributed by atoms with E-state index in [0.29, 0.717) is 41.5 Å². The Kier molecular flexibility index (Phi) is 15.1. The Labute approximate surface area is 266 Å². The summed E-state index contributed by atoms with van der Waals surface area (Å²) in [6, 6.07) is 11.8. The number of hydrogen-bond donors (Lipinski definition) is 2. The first-order valence-electron chi connectivity index (χ1n) is 13.0. The molecule has 0 fully saturated rings. The molecule has 0 aliphatic rings. The summed E-state index contributed by atoms with van der Waals surface area (Å²) < 4.78 is 10.9. The van der Waals surface area contributed by atoms with Crippen LogP contribution in [0.5, 0.6) is 11.5 Å². The summed E-state index contributed by atoms with van der Waals surface area (Å²) in [7, 11) is 1.41. The number of methoxy groups -OCH3 is 1. The molecule has 2 N–H and O–H groups in total. The predicted molar refractivity (Wildman–Crippen MR) is 161 cm³/mol. The third-order valence-electron chi connectivity index (χ3n) is 6.25. The number of phenolic OH excluding ortho intramolecular Hbond substituents is 1. The maximum atomic E-state index is 12.2. The number of thioether (sulfide) groups is 2. The van der Waals surface area contributed by atoms with E-state index in [9.17, 15) is 14.7 Å². The molecule has 0 bridgehead atoms. The molecule has 0 amide bonds. The van der Waals surface area contributed by atoms with Gasteiger partial charge in [0.2, 0.25) is 0 Å². The number of ether oxygens (including phenoxy) is 2. The molecule has 0 radical (unpaired) electrons. The van der Waals surface area contributed by atoms with Crippen LogP contribution in [0.1, 0.15) is 60.9 Å². The van der Waals surface area contributed by atoms with Crippen molar-refractivity contribution in [2.75, 3.05) is 19.5 Å². The molecular formula is C28H37N4NaO5S2. The number of benzene rings is 2. The van der Waals surface area contributed by atoms with Gasteiger partial charge in [-0.3, -0.25) is 9.59 Å². The van der Waals surface area contributed by atoms with Crippen LogP contribution < -0.4 is 4.74 Å². The average molecular weight is 597 g/mol. The van der Waals surface area contributed by atoms with E-state index >= 15 is 0 Å². The third-order valence-corrected chi connectivity index (χ3v) is 8.79. The third kappa shape index (κ3) is 10.1. The fourth-order valence-electron chi connectivity index (χ4n) is 4.06. The number of carbonyl (C=O) groups is 2. The van der Waals surface area contributed by atoms with E-state index in [4.69, 9.17) is 9.47 Å². The van der Waals surface area contributed by atoms with Crippen LogP contribution in [0.15, 0.2) is 41.3 Å². The van der Waals surface area contributed by atoms with E-state index in [0.717, 1.165) is 35.5 Å². The minimum absolute atomic E-state index is 0. The van der Waals surface area contributed by atoms with Gasteiger partial charge in [0.25, 0.3) is 0 Å². The zero-order valence-electron chi connectivity index (χ0n) is 22.8. The summed E-state index contributed by atoms with van der Waals surface area (Å²) >= 11 is 3.38. The van der Waals surface area contributed by atoms with Gasteiger partial charge in [0, 0.05) is 21.5 Å². The number of tetrazole rings is 1. The van der Waals surface area contributed by atoms with E-state index in [1.165, 1.54) is 14.0 Å². The Balaban J connectivity index is 0.00000560. The number of hydrogen-bond acceptors (Lipinski definition) is 10. The predicted octanol–water partition coefficient (Wildman–Crippen LogP) is 4.63. The zero-order chi connectivity index (χ0) is 28.2. The number of nitrogens with one attached hydrogen (secondary N) is 1. The number of ketones is 1. The van der Waals surface area contributed by atoms with Gasteiger partial charge in [-0.1, -0.05) is 32.4 Å². The normalized spacial score (nSPS) is 12.3. The molecule has 0 saturated heterocycles. The van der Waals surface area contributed by atoms with Crippen molar-refractivity contribution in [1.29, 1.82) is 0 Å². The Morgan fingerprint density at radius 2 is 1.90 bits per heavy atom. The number of nitrogens with zero attached hydrogens (tertiary/aromatic N) is 3. The number of aromatic hydroxyl groups is 1. The van der Waals surface area contributed by atoms with E-state index in [1.54, 1.807) is 35.7 Å². The van der Waals surface area contributed by atoms with Gasteiger partial charge in [0.15, 0.2) is 11.6 Å². The molecule has 1 aromatic heterocycles. The van der Waals surface area contributed by atoms with Crippen LogP contribution >= 0.6 is 23.5 Å². The van der Waals surface area contributed by atoms with Crippen molar-refractivity contribution in [3.05, 3.63) is 58.9 Å². The van der Waals surface area contributed by atoms with Crippen LogP contribution in [-0.4, -0.2) is 91.8 Å². The van der Waals surface area contributed by atoms with Crippen molar-refractivity contribution in [3.63, 3.8) is 0 Å². The van der Waals surface area contributed by atoms with Crippen molar-refractivity contribution < 1.29 is 24.2 Å². The molecule has 0 aliphatic carbocycles. The molecule has 0 saturated carbocycles. The molecular weight excluding hydrogens is 559 g/mol. The number of H-pyrrole nitrogens is 1. The summed E-state index contributed by atoms with van der Waals surface area (Å²) in [4.78, 5) is 25.1. The van der Waals surface area contributed by atoms with Gasteiger partial charge in [-0.2, -0.15) is 0 Å². The minimum atomic E-state index is -0.275. The summed E-state index contributed by atoms with van der Waals surface area (Å²) in [5.74, 6) is 2.14. The number of aromatic amines is 1. The molecule has 212 valence electrons. The Hall–Kier alpha value is -2.05. The fraction of sp³-hybridized carbons (Fsp3) is 0.464. The number of Topliss-reactive ketones (excluding diaryl/α,β-unsaturated/α-hetero) is 1. The number of esters is 1. The van der Waals surface area contributed by atoms with Crippen LogP contribution in [-0.2, 0) is 28.1 Å². The standard InChI is InChI=1S/C28H36N4O5S2.Na.H/c1-5-7-23-24(13-12-22(19(3)33)27(23)34)37-14-6-15-38-21-10-8-20(9-11-21)16-25(18(2)28(35)36-4)39-17-26-29-31-32-30-26;;/h8-13,18,25,34H,5-7,14-17H2,1-4H3,(H,29,30,31,32);;. The van der Waals surface area contributed by atoms with Crippen LogP contribution in [0.25, 0.3) is 0 Å². The molecule has 40 heavy (non-hydrogen) atoms. The quantitative estimate of drug-likeness (QED) is 0.0795. The summed E-state index contributed by atoms with van der Waals surface area (Å²) in [5.41, 5.74) is 2.18. The summed E-state index contributed by atoms with van der Waals surface area (Å²) in [6.45, 7) is 5.89. The van der Waals surface area contributed by atoms with Crippen molar-refractivity contribution in [2.45, 2.75) is 62.4 Å². The molecule has 9 nitrogen and oxygen atoms in total. The van der Waals surface area contributed by atoms with E-state index < -0.39 is 0 Å². The molecule has 1 heterocycles. The average Bonchev–Trinajstić information content (AvgIpc) is 3.46. The van der Waals surface area contributed by atoms with Crippen molar-refractivity contribution in [2.24, 2.45) is 5.92 Å². The second kappa shape index (κ2) is 17.7. The number of rotatable bonds is 16. The second-order valence-corrected chi connectivity index (χ2v) is 11.5. The summed E-state index contributed by atoms with van der Waals surface area (Å²) in [6.07, 6.45) is 3.05. The topological polar surface area (TPSA) is 127 Å². The Bertz CT molecular complexity index is 1210. The SMILES string of the molecule is CCCc1c(OCCCSc2ccc(CC(SCc3nnn[nH]3)C(C)C(=O)OC)cc2)ccc(C(C)=O)c1O.[NaH]. The zero-order valence-corrected chi connectivity index (χ0v) is 24.4. The molecule has 2 atom stereocenters. The van der Waals surface area contributed by atoms with Crippen LogP contribution in [0.3, 0.4) is 0 Å². The first-order valence-corrected chi connectivity index (χ1v) is 15.0. The summed E-state index contributed by atoms with van der Waals surface area (Å²) in [5, 5.41) is 24.4. The van der Waals surface area contributed by atoms with Crippen molar-refractivity contribution in [1.82, 2.24) is 20.6 Å². The Morgan fingerprint density at radius 3 is 2.52 bits per heavy atom. The molecule has 2 unspecified atom stereocenters. The van der Waals surface area contributed by atoms with Gasteiger partial charge in [0.05, 0.1) is 31.0 Å². The first-order chi connectivity index (χ1) is 18.8. The van der Waals surface area contributed by atoms with Gasteiger partial charge in [-0.25, -0.2) is 5.10 Å². The number of phenols is 1. The van der Waals surface area contributed by atoms with Gasteiger partial charge < -0.3 is 14.6 Å². The molecule has 2 aromatic carbocycles. The van der Waals surface area contributed by atoms with Gasteiger partial charge in [-0.05, 0) is 66.4 Å². The molecule has 3 rings (SSSR count).